The lowest BCUT2D eigenvalue weighted by Gasteiger charge is -2.23. The van der Waals surface area contributed by atoms with Crippen LogP contribution in [-0.2, 0) is 10.0 Å². The highest BCUT2D eigenvalue weighted by Crippen LogP contribution is 2.36. The van der Waals surface area contributed by atoms with E-state index in [0.29, 0.717) is 5.70 Å². The first-order valence-electron chi connectivity index (χ1n) is 8.13. The third kappa shape index (κ3) is 2.94. The molecule has 1 atom stereocenters. The Morgan fingerprint density at radius 2 is 1.67 bits per heavy atom. The van der Waals surface area contributed by atoms with Gasteiger partial charge >= 0.3 is 0 Å². The summed E-state index contributed by atoms with van der Waals surface area (Å²) >= 11 is 0. The first kappa shape index (κ1) is 17.2. The third-order valence-electron chi connectivity index (χ3n) is 4.53. The number of non-ortho nitro benzene ring substituents is 1. The molecule has 0 spiro atoms. The standard InChI is InChI=1S/C19H15N3O4S/c20-17-11-18(16-6-2-4-12-3-1-5-15(17)19(12)16)21-27(25,26)14-9-7-13(8-10-14)22(23)24/h1-11,17,21H,20H2. The van der Waals surface area contributed by atoms with Crippen LogP contribution in [0.3, 0.4) is 0 Å². The van der Waals surface area contributed by atoms with Crippen molar-refractivity contribution in [1.82, 2.24) is 4.72 Å². The van der Waals surface area contributed by atoms with Gasteiger partial charge in [-0.25, -0.2) is 8.42 Å². The summed E-state index contributed by atoms with van der Waals surface area (Å²) in [6.07, 6.45) is 1.67. The van der Waals surface area contributed by atoms with Crippen molar-refractivity contribution in [2.45, 2.75) is 10.9 Å². The van der Waals surface area contributed by atoms with Gasteiger partial charge in [0.2, 0.25) is 0 Å². The Balaban J connectivity index is 1.75. The van der Waals surface area contributed by atoms with Crippen LogP contribution in [0.1, 0.15) is 17.2 Å². The van der Waals surface area contributed by atoms with E-state index in [-0.39, 0.29) is 10.6 Å². The topological polar surface area (TPSA) is 115 Å². The molecule has 3 aromatic carbocycles. The molecule has 1 unspecified atom stereocenters. The fourth-order valence-corrected chi connectivity index (χ4v) is 4.35. The van der Waals surface area contributed by atoms with Gasteiger partial charge in [-0.3, -0.25) is 14.8 Å². The van der Waals surface area contributed by atoms with Crippen LogP contribution in [0.15, 0.2) is 71.6 Å². The van der Waals surface area contributed by atoms with Crippen molar-refractivity contribution in [2.75, 3.05) is 0 Å². The molecule has 1 aliphatic rings. The zero-order valence-electron chi connectivity index (χ0n) is 14.0. The third-order valence-corrected chi connectivity index (χ3v) is 5.92. The SMILES string of the molecule is NC1C=C(NS(=O)(=O)c2ccc([N+](=O)[O-])cc2)c2cccc3cccc1c23. The molecule has 136 valence electrons. The lowest BCUT2D eigenvalue weighted by atomic mass is 9.89. The number of sulfonamides is 1. The molecule has 1 aliphatic carbocycles. The van der Waals surface area contributed by atoms with E-state index in [1.165, 1.54) is 12.1 Å². The fourth-order valence-electron chi connectivity index (χ4n) is 3.27. The minimum atomic E-state index is -3.92. The second-order valence-electron chi connectivity index (χ2n) is 6.21. The molecule has 0 aliphatic heterocycles. The van der Waals surface area contributed by atoms with Gasteiger partial charge in [-0.2, -0.15) is 0 Å². The van der Waals surface area contributed by atoms with E-state index in [4.69, 9.17) is 5.73 Å². The van der Waals surface area contributed by atoms with Crippen molar-refractivity contribution in [1.29, 1.82) is 0 Å². The van der Waals surface area contributed by atoms with Crippen LogP contribution < -0.4 is 10.5 Å². The number of benzene rings is 3. The number of hydrogen-bond donors (Lipinski definition) is 2. The van der Waals surface area contributed by atoms with Crippen LogP contribution in [0.4, 0.5) is 5.69 Å². The molecule has 0 saturated heterocycles. The Morgan fingerprint density at radius 3 is 2.33 bits per heavy atom. The molecule has 7 nitrogen and oxygen atoms in total. The molecule has 3 N–H and O–H groups in total. The summed E-state index contributed by atoms with van der Waals surface area (Å²) in [7, 11) is -3.92. The summed E-state index contributed by atoms with van der Waals surface area (Å²) in [5, 5.41) is 12.6. The predicted octanol–water partition coefficient (Wildman–Crippen LogP) is 3.08. The van der Waals surface area contributed by atoms with Crippen LogP contribution >= 0.6 is 0 Å². The van der Waals surface area contributed by atoms with Gasteiger partial charge in [0.05, 0.1) is 21.6 Å². The van der Waals surface area contributed by atoms with Gasteiger partial charge in [0.1, 0.15) is 0 Å². The van der Waals surface area contributed by atoms with Crippen LogP contribution in [0.5, 0.6) is 0 Å². The first-order valence-corrected chi connectivity index (χ1v) is 9.62. The molecule has 0 fully saturated rings. The smallest absolute Gasteiger partial charge is 0.269 e. The summed E-state index contributed by atoms with van der Waals surface area (Å²) < 4.78 is 28.1. The molecule has 0 bridgehead atoms. The molecule has 0 heterocycles. The number of nitrogens with one attached hydrogen (secondary N) is 1. The quantitative estimate of drug-likeness (QED) is 0.532. The Hall–Kier alpha value is -3.23. The molecule has 27 heavy (non-hydrogen) atoms. The Labute approximate surface area is 155 Å². The maximum Gasteiger partial charge on any atom is 0.269 e. The Bertz CT molecular complexity index is 1200. The van der Waals surface area contributed by atoms with Gasteiger partial charge in [0.15, 0.2) is 0 Å². The summed E-state index contributed by atoms with van der Waals surface area (Å²) in [5.41, 5.74) is 8.12. The van der Waals surface area contributed by atoms with Crippen LogP contribution in [0, 0.1) is 10.1 Å². The van der Waals surface area contributed by atoms with Crippen molar-refractivity contribution >= 4 is 32.2 Å². The van der Waals surface area contributed by atoms with Crippen molar-refractivity contribution < 1.29 is 13.3 Å². The average Bonchev–Trinajstić information content (AvgIpc) is 2.65. The summed E-state index contributed by atoms with van der Waals surface area (Å²) in [5.74, 6) is 0. The van der Waals surface area contributed by atoms with Crippen molar-refractivity contribution in [3.63, 3.8) is 0 Å². The van der Waals surface area contributed by atoms with E-state index < -0.39 is 21.0 Å². The zero-order valence-corrected chi connectivity index (χ0v) is 14.8. The molecule has 0 amide bonds. The van der Waals surface area contributed by atoms with E-state index in [2.05, 4.69) is 4.72 Å². The van der Waals surface area contributed by atoms with E-state index >= 15 is 0 Å². The molecular weight excluding hydrogens is 366 g/mol. The molecular formula is C19H15N3O4S. The zero-order chi connectivity index (χ0) is 19.2. The van der Waals surface area contributed by atoms with Crippen LogP contribution in [0.25, 0.3) is 16.5 Å². The Morgan fingerprint density at radius 1 is 1.00 bits per heavy atom. The first-order chi connectivity index (χ1) is 12.9. The maximum absolute atomic E-state index is 12.8. The van der Waals surface area contributed by atoms with Crippen molar-refractivity contribution in [3.05, 3.63) is 88.0 Å². The highest BCUT2D eigenvalue weighted by atomic mass is 32.2. The molecule has 0 aromatic heterocycles. The monoisotopic (exact) mass is 381 g/mol. The number of nitrogens with two attached hydrogens (primary N) is 1. The van der Waals surface area contributed by atoms with Gasteiger partial charge in [-0.05, 0) is 34.5 Å². The summed E-state index contributed by atoms with van der Waals surface area (Å²) in [6.45, 7) is 0. The van der Waals surface area contributed by atoms with E-state index in [0.717, 1.165) is 34.0 Å². The minimum absolute atomic E-state index is 0.0615. The maximum atomic E-state index is 12.8. The lowest BCUT2D eigenvalue weighted by Crippen LogP contribution is -2.25. The second-order valence-corrected chi connectivity index (χ2v) is 7.90. The largest absolute Gasteiger partial charge is 0.321 e. The Kier molecular flexibility index (Phi) is 3.94. The van der Waals surface area contributed by atoms with Crippen LogP contribution in [0.2, 0.25) is 0 Å². The second kappa shape index (κ2) is 6.19. The van der Waals surface area contributed by atoms with Gasteiger partial charge in [0.25, 0.3) is 15.7 Å². The molecule has 0 radical (unpaired) electrons. The highest BCUT2D eigenvalue weighted by molar-refractivity contribution is 7.89. The van der Waals surface area contributed by atoms with Gasteiger partial charge in [-0.1, -0.05) is 36.4 Å². The van der Waals surface area contributed by atoms with Gasteiger partial charge < -0.3 is 5.73 Å². The van der Waals surface area contributed by atoms with Gasteiger partial charge in [0, 0.05) is 17.7 Å². The normalized spacial score (nSPS) is 16.0. The molecule has 4 rings (SSSR count). The summed E-state index contributed by atoms with van der Waals surface area (Å²) in [4.78, 5) is 10.1. The average molecular weight is 381 g/mol. The fraction of sp³-hybridized carbons (Fsp3) is 0.0526. The van der Waals surface area contributed by atoms with E-state index in [1.807, 2.05) is 36.4 Å². The van der Waals surface area contributed by atoms with Crippen molar-refractivity contribution in [3.8, 4) is 0 Å². The van der Waals surface area contributed by atoms with Crippen LogP contribution in [-0.4, -0.2) is 13.3 Å². The minimum Gasteiger partial charge on any atom is -0.321 e. The molecule has 0 saturated carbocycles. The lowest BCUT2D eigenvalue weighted by molar-refractivity contribution is -0.384. The van der Waals surface area contributed by atoms with E-state index in [1.54, 1.807) is 6.08 Å². The molecule has 8 heteroatoms. The summed E-state index contributed by atoms with van der Waals surface area (Å²) in [6, 6.07) is 15.7. The molecule has 3 aromatic rings. The predicted molar refractivity (Wildman–Crippen MR) is 102 cm³/mol. The van der Waals surface area contributed by atoms with Crippen molar-refractivity contribution in [2.24, 2.45) is 5.73 Å². The number of nitro groups is 1. The number of rotatable bonds is 4. The van der Waals surface area contributed by atoms with E-state index in [9.17, 15) is 18.5 Å². The van der Waals surface area contributed by atoms with Gasteiger partial charge in [-0.15, -0.1) is 0 Å². The number of nitrogens with zero attached hydrogens (tertiary/aromatic N) is 1. The number of nitro benzene ring substituents is 1. The highest BCUT2D eigenvalue weighted by Gasteiger charge is 2.24. The number of hydrogen-bond acceptors (Lipinski definition) is 5.